The van der Waals surface area contributed by atoms with Gasteiger partial charge in [-0.05, 0) is 36.6 Å². The predicted octanol–water partition coefficient (Wildman–Crippen LogP) is 4.32. The fourth-order valence-electron chi connectivity index (χ4n) is 3.64. The van der Waals surface area contributed by atoms with Crippen LogP contribution in [0.2, 0.25) is 0 Å². The number of carbonyl (C=O) groups excluding carboxylic acids is 2. The molecular weight excluding hydrogens is 352 g/mol. The monoisotopic (exact) mass is 380 g/mol. The second-order valence-corrected chi connectivity index (χ2v) is 7.25. The molecule has 1 aliphatic carbocycles. The molecule has 1 atom stereocenters. The van der Waals surface area contributed by atoms with Gasteiger partial charge in [0, 0.05) is 30.8 Å². The third kappa shape index (κ3) is 5.42. The molecule has 0 bridgehead atoms. The summed E-state index contributed by atoms with van der Waals surface area (Å²) in [6, 6.07) is 16.9. The van der Waals surface area contributed by atoms with Gasteiger partial charge in [0.2, 0.25) is 5.91 Å². The number of anilines is 1. The quantitative estimate of drug-likeness (QED) is 0.752. The summed E-state index contributed by atoms with van der Waals surface area (Å²) in [6.45, 7) is 0.373. The summed E-state index contributed by atoms with van der Waals surface area (Å²) in [5, 5.41) is 5.88. The Morgan fingerprint density at radius 3 is 2.50 bits per heavy atom. The van der Waals surface area contributed by atoms with Gasteiger partial charge in [-0.2, -0.15) is 0 Å². The smallest absolute Gasteiger partial charge is 0.251 e. The summed E-state index contributed by atoms with van der Waals surface area (Å²) in [5.41, 5.74) is 2.19. The number of benzene rings is 2. The minimum absolute atomic E-state index is 0.0563. The molecule has 2 aromatic carbocycles. The lowest BCUT2D eigenvalue weighted by Gasteiger charge is -2.21. The first-order valence-electron chi connectivity index (χ1n) is 9.94. The van der Waals surface area contributed by atoms with Crippen LogP contribution in [0.4, 0.5) is 5.69 Å². The molecule has 0 saturated heterocycles. The Hall–Kier alpha value is -2.66. The largest absolute Gasteiger partial charge is 0.375 e. The summed E-state index contributed by atoms with van der Waals surface area (Å²) >= 11 is 0. The van der Waals surface area contributed by atoms with Crippen LogP contribution in [0.5, 0.6) is 0 Å². The zero-order chi connectivity index (χ0) is 19.8. The normalized spacial score (nSPS) is 15.6. The SMILES string of the molecule is COC(CNC(=O)c1cccc(NC(=O)C2CCCCC2)c1)c1ccccc1. The standard InChI is InChI=1S/C23H28N2O3/c1-28-21(17-9-4-2-5-10-17)16-24-22(26)19-13-8-14-20(15-19)25-23(27)18-11-6-3-7-12-18/h2,4-5,8-10,13-15,18,21H,3,6-7,11-12,16H2,1H3,(H,24,26)(H,25,27). The van der Waals surface area contributed by atoms with Crippen molar-refractivity contribution >= 4 is 17.5 Å². The van der Waals surface area contributed by atoms with Crippen molar-refractivity contribution in [2.24, 2.45) is 5.92 Å². The molecule has 0 heterocycles. The zero-order valence-corrected chi connectivity index (χ0v) is 16.3. The third-order valence-electron chi connectivity index (χ3n) is 5.27. The second-order valence-electron chi connectivity index (χ2n) is 7.25. The Morgan fingerprint density at radius 2 is 1.79 bits per heavy atom. The van der Waals surface area contributed by atoms with Crippen molar-refractivity contribution in [2.75, 3.05) is 19.0 Å². The Kier molecular flexibility index (Phi) is 7.20. The number of rotatable bonds is 7. The highest BCUT2D eigenvalue weighted by atomic mass is 16.5. The molecule has 5 heteroatoms. The van der Waals surface area contributed by atoms with Crippen molar-refractivity contribution in [3.05, 3.63) is 65.7 Å². The van der Waals surface area contributed by atoms with Gasteiger partial charge in [0.25, 0.3) is 5.91 Å². The van der Waals surface area contributed by atoms with Crippen LogP contribution in [0.25, 0.3) is 0 Å². The summed E-state index contributed by atoms with van der Waals surface area (Å²) in [4.78, 5) is 25.0. The van der Waals surface area contributed by atoms with E-state index >= 15 is 0 Å². The van der Waals surface area contributed by atoms with E-state index in [0.29, 0.717) is 17.8 Å². The molecule has 0 radical (unpaired) electrons. The molecule has 1 aliphatic rings. The second kappa shape index (κ2) is 10.0. The maximum absolute atomic E-state index is 12.6. The van der Waals surface area contributed by atoms with Crippen LogP contribution < -0.4 is 10.6 Å². The molecule has 3 rings (SSSR count). The molecule has 0 spiro atoms. The molecule has 0 aliphatic heterocycles. The Labute approximate surface area is 166 Å². The van der Waals surface area contributed by atoms with E-state index in [1.807, 2.05) is 36.4 Å². The van der Waals surface area contributed by atoms with Crippen LogP contribution in [0.3, 0.4) is 0 Å². The van der Waals surface area contributed by atoms with E-state index in [9.17, 15) is 9.59 Å². The van der Waals surface area contributed by atoms with Gasteiger partial charge in [0.05, 0.1) is 6.10 Å². The lowest BCUT2D eigenvalue weighted by atomic mass is 9.88. The molecule has 2 aromatic rings. The Morgan fingerprint density at radius 1 is 1.04 bits per heavy atom. The van der Waals surface area contributed by atoms with Crippen LogP contribution in [0.1, 0.15) is 54.1 Å². The van der Waals surface area contributed by atoms with E-state index in [0.717, 1.165) is 31.2 Å². The van der Waals surface area contributed by atoms with Crippen molar-refractivity contribution in [1.29, 1.82) is 0 Å². The van der Waals surface area contributed by atoms with Crippen LogP contribution in [-0.4, -0.2) is 25.5 Å². The number of hydrogen-bond donors (Lipinski definition) is 2. The molecule has 2 amide bonds. The first kappa shape index (κ1) is 20.1. The van der Waals surface area contributed by atoms with Gasteiger partial charge in [-0.3, -0.25) is 9.59 Å². The van der Waals surface area contributed by atoms with Crippen LogP contribution in [-0.2, 0) is 9.53 Å². The van der Waals surface area contributed by atoms with Gasteiger partial charge in [0.1, 0.15) is 0 Å². The fourth-order valence-corrected chi connectivity index (χ4v) is 3.64. The van der Waals surface area contributed by atoms with E-state index in [2.05, 4.69) is 10.6 Å². The topological polar surface area (TPSA) is 67.4 Å². The predicted molar refractivity (Wildman–Crippen MR) is 110 cm³/mol. The maximum atomic E-state index is 12.6. The van der Waals surface area contributed by atoms with Crippen molar-refractivity contribution in [1.82, 2.24) is 5.32 Å². The highest BCUT2D eigenvalue weighted by molar-refractivity contribution is 5.97. The number of carbonyl (C=O) groups is 2. The van der Waals surface area contributed by atoms with E-state index < -0.39 is 0 Å². The molecule has 2 N–H and O–H groups in total. The van der Waals surface area contributed by atoms with Gasteiger partial charge in [-0.25, -0.2) is 0 Å². The lowest BCUT2D eigenvalue weighted by molar-refractivity contribution is -0.120. The average Bonchev–Trinajstić information content (AvgIpc) is 2.75. The molecule has 1 fully saturated rings. The van der Waals surface area contributed by atoms with Crippen molar-refractivity contribution in [2.45, 2.75) is 38.2 Å². The number of amides is 2. The van der Waals surface area contributed by atoms with Gasteiger partial charge >= 0.3 is 0 Å². The van der Waals surface area contributed by atoms with Gasteiger partial charge in [-0.15, -0.1) is 0 Å². The van der Waals surface area contributed by atoms with Gasteiger partial charge in [0.15, 0.2) is 0 Å². The van der Waals surface area contributed by atoms with E-state index in [1.165, 1.54) is 6.42 Å². The number of nitrogens with one attached hydrogen (secondary N) is 2. The van der Waals surface area contributed by atoms with Gasteiger partial charge in [-0.1, -0.05) is 55.7 Å². The van der Waals surface area contributed by atoms with Crippen LogP contribution >= 0.6 is 0 Å². The Balaban J connectivity index is 1.58. The lowest BCUT2D eigenvalue weighted by Crippen LogP contribution is -2.29. The highest BCUT2D eigenvalue weighted by Gasteiger charge is 2.21. The molecule has 5 nitrogen and oxygen atoms in total. The third-order valence-corrected chi connectivity index (χ3v) is 5.27. The molecule has 148 valence electrons. The van der Waals surface area contributed by atoms with E-state index in [-0.39, 0.29) is 23.8 Å². The zero-order valence-electron chi connectivity index (χ0n) is 16.3. The summed E-state index contributed by atoms with van der Waals surface area (Å²) < 4.78 is 5.49. The summed E-state index contributed by atoms with van der Waals surface area (Å²) in [6.07, 6.45) is 5.13. The van der Waals surface area contributed by atoms with Crippen molar-refractivity contribution in [3.8, 4) is 0 Å². The van der Waals surface area contributed by atoms with Crippen LogP contribution in [0, 0.1) is 5.92 Å². The first-order valence-corrected chi connectivity index (χ1v) is 9.94. The molecule has 1 unspecified atom stereocenters. The summed E-state index contributed by atoms with van der Waals surface area (Å²) in [5.74, 6) is -0.0490. The summed E-state index contributed by atoms with van der Waals surface area (Å²) in [7, 11) is 1.63. The van der Waals surface area contributed by atoms with E-state index in [1.54, 1.807) is 25.3 Å². The number of hydrogen-bond acceptors (Lipinski definition) is 3. The van der Waals surface area contributed by atoms with Gasteiger partial charge < -0.3 is 15.4 Å². The minimum Gasteiger partial charge on any atom is -0.375 e. The maximum Gasteiger partial charge on any atom is 0.251 e. The highest BCUT2D eigenvalue weighted by Crippen LogP contribution is 2.25. The fraction of sp³-hybridized carbons (Fsp3) is 0.391. The molecular formula is C23H28N2O3. The van der Waals surface area contributed by atoms with Crippen LogP contribution in [0.15, 0.2) is 54.6 Å². The number of methoxy groups -OCH3 is 1. The molecule has 28 heavy (non-hydrogen) atoms. The minimum atomic E-state index is -0.209. The first-order chi connectivity index (χ1) is 13.7. The van der Waals surface area contributed by atoms with Crippen molar-refractivity contribution < 1.29 is 14.3 Å². The average molecular weight is 380 g/mol. The van der Waals surface area contributed by atoms with Crippen molar-refractivity contribution in [3.63, 3.8) is 0 Å². The molecule has 1 saturated carbocycles. The number of ether oxygens (including phenoxy) is 1. The molecule has 0 aromatic heterocycles. The Bertz CT molecular complexity index is 785. The van der Waals surface area contributed by atoms with E-state index in [4.69, 9.17) is 4.74 Å².